The van der Waals surface area contributed by atoms with E-state index in [1.54, 1.807) is 13.0 Å². The Labute approximate surface area is 159 Å². The van der Waals surface area contributed by atoms with E-state index in [4.69, 9.17) is 4.74 Å². The number of carbonyl (C=O) groups is 2. The molecule has 4 amide bonds. The molecule has 28 heavy (non-hydrogen) atoms. The molecule has 0 unspecified atom stereocenters. The van der Waals surface area contributed by atoms with Gasteiger partial charge >= 0.3 is 18.4 Å². The number of fused-ring (bicyclic) bond motifs is 1. The highest BCUT2D eigenvalue weighted by atomic mass is 19.3. The molecule has 0 saturated carbocycles. The second kappa shape index (κ2) is 7.06. The molecule has 9 nitrogen and oxygen atoms in total. The van der Waals surface area contributed by atoms with Crippen LogP contribution in [0.3, 0.4) is 0 Å². The Hall–Kier alpha value is -2.66. The molecule has 0 aliphatic carbocycles. The van der Waals surface area contributed by atoms with Crippen LogP contribution in [0.15, 0.2) is 18.2 Å². The van der Waals surface area contributed by atoms with Crippen LogP contribution in [0.2, 0.25) is 0 Å². The van der Waals surface area contributed by atoms with Crippen molar-refractivity contribution in [2.24, 2.45) is 0 Å². The average Bonchev–Trinajstić information content (AvgIpc) is 2.94. The van der Waals surface area contributed by atoms with Gasteiger partial charge in [0.1, 0.15) is 0 Å². The predicted molar refractivity (Wildman–Crippen MR) is 90.7 cm³/mol. The van der Waals surface area contributed by atoms with Gasteiger partial charge in [-0.2, -0.15) is 0 Å². The molecule has 152 valence electrons. The summed E-state index contributed by atoms with van der Waals surface area (Å²) in [7, 11) is 0. The third-order valence-corrected chi connectivity index (χ3v) is 4.87. The van der Waals surface area contributed by atoms with Crippen LogP contribution in [0, 0.1) is 0 Å². The monoisotopic (exact) mass is 398 g/mol. The summed E-state index contributed by atoms with van der Waals surface area (Å²) >= 11 is 0. The van der Waals surface area contributed by atoms with E-state index < -0.39 is 24.6 Å². The van der Waals surface area contributed by atoms with Crippen LogP contribution >= 0.6 is 0 Å². The summed E-state index contributed by atoms with van der Waals surface area (Å²) in [6.45, 7) is 2.77. The van der Waals surface area contributed by atoms with E-state index >= 15 is 0 Å². The maximum absolute atomic E-state index is 13.2. The Kier molecular flexibility index (Phi) is 4.71. The number of nitrogens with one attached hydrogen (secondary N) is 3. The third kappa shape index (κ3) is 3.67. The zero-order valence-electron chi connectivity index (χ0n) is 15.0. The highest BCUT2D eigenvalue weighted by Gasteiger charge is 2.43. The van der Waals surface area contributed by atoms with E-state index in [9.17, 15) is 18.4 Å². The van der Waals surface area contributed by atoms with Crippen LogP contribution in [0.5, 0.6) is 11.5 Å². The molecule has 4 rings (SSSR count). The van der Waals surface area contributed by atoms with Crippen molar-refractivity contribution >= 4 is 12.1 Å². The summed E-state index contributed by atoms with van der Waals surface area (Å²) < 4.78 is 40.4. The largest absolute Gasteiger partial charge is 0.586 e. The van der Waals surface area contributed by atoms with Crippen LogP contribution < -0.4 is 25.4 Å². The van der Waals surface area contributed by atoms with E-state index in [1.165, 1.54) is 17.0 Å². The van der Waals surface area contributed by atoms with E-state index in [-0.39, 0.29) is 23.6 Å². The number of hydrogen-bond donors (Lipinski definition) is 3. The van der Waals surface area contributed by atoms with E-state index in [0.29, 0.717) is 31.6 Å². The molecule has 0 radical (unpaired) electrons. The molecule has 1 atom stereocenters. The van der Waals surface area contributed by atoms with Crippen molar-refractivity contribution in [2.75, 3.05) is 13.2 Å². The molecule has 0 aromatic heterocycles. The highest BCUT2D eigenvalue weighted by molar-refractivity contribution is 5.96. The first-order valence-corrected chi connectivity index (χ1v) is 8.96. The van der Waals surface area contributed by atoms with Gasteiger partial charge in [0.25, 0.3) is 0 Å². The van der Waals surface area contributed by atoms with Crippen molar-refractivity contribution in [3.05, 3.63) is 23.8 Å². The second-order valence-electron chi connectivity index (χ2n) is 6.81. The Morgan fingerprint density at radius 2 is 1.79 bits per heavy atom. The van der Waals surface area contributed by atoms with Gasteiger partial charge in [-0.15, -0.1) is 8.78 Å². The molecule has 1 aromatic carbocycles. The lowest BCUT2D eigenvalue weighted by atomic mass is 10.1. The second-order valence-corrected chi connectivity index (χ2v) is 6.81. The molecule has 2 fully saturated rings. The summed E-state index contributed by atoms with van der Waals surface area (Å²) in [5, 5.41) is 8.41. The first kappa shape index (κ1) is 18.7. The van der Waals surface area contributed by atoms with Gasteiger partial charge in [-0.3, -0.25) is 5.32 Å². The third-order valence-electron chi connectivity index (χ3n) is 4.87. The number of amides is 4. The van der Waals surface area contributed by atoms with Gasteiger partial charge in [-0.1, -0.05) is 6.07 Å². The number of alkyl halides is 2. The molecular formula is C17H20F2N4O5. The summed E-state index contributed by atoms with van der Waals surface area (Å²) in [5.41, 5.74) is 0.621. The predicted octanol–water partition coefficient (Wildman–Crippen LogP) is 1.86. The smallest absolute Gasteiger partial charge is 0.395 e. The van der Waals surface area contributed by atoms with Gasteiger partial charge in [0.15, 0.2) is 17.8 Å². The molecule has 3 N–H and O–H groups in total. The number of ether oxygens (including phenoxy) is 3. The molecule has 11 heteroatoms. The number of carbonyl (C=O) groups excluding carboxylic acids is 2. The Morgan fingerprint density at radius 3 is 2.46 bits per heavy atom. The first-order chi connectivity index (χ1) is 13.3. The minimum atomic E-state index is -3.68. The number of halogens is 2. The van der Waals surface area contributed by atoms with Gasteiger partial charge < -0.3 is 24.8 Å². The number of nitrogens with zero attached hydrogens (tertiary/aromatic N) is 1. The maximum Gasteiger partial charge on any atom is 0.586 e. The minimum Gasteiger partial charge on any atom is -0.395 e. The van der Waals surface area contributed by atoms with Crippen LogP contribution in [-0.4, -0.2) is 48.8 Å². The van der Waals surface area contributed by atoms with Crippen LogP contribution in [-0.2, 0) is 4.74 Å². The standard InChI is InChI=1S/C17H20F2N4O5/c1-9(10-2-3-12-13(8-10)28-17(18,19)27-12)20-14-21-15(24)23(16(25)22-14)11-4-6-26-7-5-11/h2-3,8-9,11,14,20H,4-7H2,1H3,(H,21,24)(H,22,25)/t9-/m1/s1. The number of urea groups is 2. The maximum atomic E-state index is 13.2. The number of rotatable bonds is 4. The van der Waals surface area contributed by atoms with Crippen molar-refractivity contribution in [1.29, 1.82) is 0 Å². The topological polar surface area (TPSA) is 101 Å². The number of imide groups is 1. The van der Waals surface area contributed by atoms with Crippen molar-refractivity contribution in [2.45, 2.75) is 44.4 Å². The SMILES string of the molecule is C[C@@H](NC1NC(=O)N(C2CCOCC2)C(=O)N1)c1ccc2c(c1)OC(F)(F)O2. The molecule has 0 bridgehead atoms. The molecular weight excluding hydrogens is 378 g/mol. The van der Waals surface area contributed by atoms with Crippen molar-refractivity contribution in [3.63, 3.8) is 0 Å². The van der Waals surface area contributed by atoms with Crippen molar-refractivity contribution < 1.29 is 32.6 Å². The fraction of sp³-hybridized carbons (Fsp3) is 0.529. The number of hydrogen-bond acceptors (Lipinski definition) is 6. The Bertz CT molecular complexity index is 769. The minimum absolute atomic E-state index is 0.0488. The Balaban J connectivity index is 1.39. The zero-order chi connectivity index (χ0) is 19.9. The van der Waals surface area contributed by atoms with E-state index in [2.05, 4.69) is 25.4 Å². The fourth-order valence-electron chi connectivity index (χ4n) is 3.45. The lowest BCUT2D eigenvalue weighted by molar-refractivity contribution is -0.286. The van der Waals surface area contributed by atoms with Gasteiger partial charge in [-0.05, 0) is 37.5 Å². The van der Waals surface area contributed by atoms with Gasteiger partial charge in [0.2, 0.25) is 0 Å². The van der Waals surface area contributed by atoms with Gasteiger partial charge in [0.05, 0.1) is 0 Å². The van der Waals surface area contributed by atoms with Crippen LogP contribution in [0.4, 0.5) is 18.4 Å². The van der Waals surface area contributed by atoms with Crippen LogP contribution in [0.1, 0.15) is 31.4 Å². The van der Waals surface area contributed by atoms with Gasteiger partial charge in [0, 0.05) is 25.3 Å². The summed E-state index contributed by atoms with van der Waals surface area (Å²) in [6.07, 6.45) is -3.30. The molecule has 3 aliphatic heterocycles. The summed E-state index contributed by atoms with van der Waals surface area (Å²) in [6, 6.07) is 2.83. The molecule has 3 aliphatic rings. The summed E-state index contributed by atoms with van der Waals surface area (Å²) in [5.74, 6) is -0.120. The average molecular weight is 398 g/mol. The highest BCUT2D eigenvalue weighted by Crippen LogP contribution is 2.42. The van der Waals surface area contributed by atoms with E-state index in [0.717, 1.165) is 0 Å². The lowest BCUT2D eigenvalue weighted by Gasteiger charge is -2.39. The van der Waals surface area contributed by atoms with Gasteiger partial charge in [-0.25, -0.2) is 14.5 Å². The molecule has 2 saturated heterocycles. The van der Waals surface area contributed by atoms with Crippen molar-refractivity contribution in [1.82, 2.24) is 20.9 Å². The molecule has 0 spiro atoms. The summed E-state index contributed by atoms with van der Waals surface area (Å²) in [4.78, 5) is 26.0. The number of benzene rings is 1. The lowest BCUT2D eigenvalue weighted by Crippen LogP contribution is -2.70. The van der Waals surface area contributed by atoms with Crippen molar-refractivity contribution in [3.8, 4) is 11.5 Å². The first-order valence-electron chi connectivity index (χ1n) is 8.96. The Morgan fingerprint density at radius 1 is 1.14 bits per heavy atom. The molecule has 1 aromatic rings. The quantitative estimate of drug-likeness (QED) is 0.716. The normalized spacial score (nSPS) is 23.3. The van der Waals surface area contributed by atoms with Crippen LogP contribution in [0.25, 0.3) is 0 Å². The fourth-order valence-corrected chi connectivity index (χ4v) is 3.45. The zero-order valence-corrected chi connectivity index (χ0v) is 15.0. The van der Waals surface area contributed by atoms with E-state index in [1.807, 2.05) is 0 Å². The molecule has 3 heterocycles.